The number of carbonyl (C=O) groups is 1. The van der Waals surface area contributed by atoms with Gasteiger partial charge in [0.1, 0.15) is 5.01 Å². The van der Waals surface area contributed by atoms with E-state index < -0.39 is 0 Å². The molecule has 1 aromatic carbocycles. The topological polar surface area (TPSA) is 65.5 Å². The predicted molar refractivity (Wildman–Crippen MR) is 83.2 cm³/mol. The molecule has 1 aliphatic heterocycles. The third-order valence-electron chi connectivity index (χ3n) is 3.89. The first-order valence-corrected chi connectivity index (χ1v) is 8.06. The first kappa shape index (κ1) is 14.3. The minimum Gasteiger partial charge on any atom is -0.396 e. The Balaban J connectivity index is 1.54. The van der Waals surface area contributed by atoms with Crippen molar-refractivity contribution in [2.24, 2.45) is 5.92 Å². The summed E-state index contributed by atoms with van der Waals surface area (Å²) in [5, 5.41) is 13.0. The van der Waals surface area contributed by atoms with Gasteiger partial charge in [-0.05, 0) is 30.9 Å². The van der Waals surface area contributed by atoms with Crippen molar-refractivity contribution >= 4 is 27.6 Å². The molecule has 0 unspecified atom stereocenters. The number of rotatable bonds is 3. The fraction of sp³-hybridized carbons (Fsp3) is 0.467. The smallest absolute Gasteiger partial charge is 0.317 e. The van der Waals surface area contributed by atoms with Gasteiger partial charge in [0.25, 0.3) is 0 Å². The molecule has 3 rings (SSSR count). The molecule has 2 N–H and O–H groups in total. The Kier molecular flexibility index (Phi) is 4.36. The highest BCUT2D eigenvalue weighted by molar-refractivity contribution is 7.18. The largest absolute Gasteiger partial charge is 0.396 e. The van der Waals surface area contributed by atoms with Crippen LogP contribution in [-0.4, -0.2) is 40.7 Å². The van der Waals surface area contributed by atoms with Gasteiger partial charge in [-0.1, -0.05) is 12.1 Å². The summed E-state index contributed by atoms with van der Waals surface area (Å²) < 4.78 is 1.14. The number of aromatic nitrogens is 1. The molecule has 1 fully saturated rings. The summed E-state index contributed by atoms with van der Waals surface area (Å²) in [6.45, 7) is 2.13. The molecule has 5 nitrogen and oxygen atoms in total. The second kappa shape index (κ2) is 6.41. The van der Waals surface area contributed by atoms with Gasteiger partial charge >= 0.3 is 6.03 Å². The minimum absolute atomic E-state index is 0.0364. The molecular formula is C15H19N3O2S. The number of nitrogens with zero attached hydrogens (tertiary/aromatic N) is 2. The minimum atomic E-state index is -0.0364. The summed E-state index contributed by atoms with van der Waals surface area (Å²) in [7, 11) is 0. The van der Waals surface area contributed by atoms with Crippen molar-refractivity contribution < 1.29 is 9.90 Å². The van der Waals surface area contributed by atoms with Crippen LogP contribution >= 0.6 is 11.3 Å². The quantitative estimate of drug-likeness (QED) is 0.914. The van der Waals surface area contributed by atoms with E-state index >= 15 is 0 Å². The number of fused-ring (bicyclic) bond motifs is 1. The number of carbonyl (C=O) groups excluding carboxylic acids is 1. The normalized spacial score (nSPS) is 16.3. The van der Waals surface area contributed by atoms with Crippen molar-refractivity contribution in [2.45, 2.75) is 19.4 Å². The van der Waals surface area contributed by atoms with Crippen molar-refractivity contribution in [1.29, 1.82) is 0 Å². The summed E-state index contributed by atoms with van der Waals surface area (Å²) in [4.78, 5) is 18.4. The zero-order chi connectivity index (χ0) is 14.7. The van der Waals surface area contributed by atoms with Crippen molar-refractivity contribution in [3.05, 3.63) is 29.3 Å². The van der Waals surface area contributed by atoms with E-state index in [0.29, 0.717) is 12.5 Å². The first-order valence-electron chi connectivity index (χ1n) is 7.24. The van der Waals surface area contributed by atoms with Crippen LogP contribution in [0.3, 0.4) is 0 Å². The fourth-order valence-corrected chi connectivity index (χ4v) is 3.48. The molecule has 2 aromatic rings. The van der Waals surface area contributed by atoms with Gasteiger partial charge in [-0.3, -0.25) is 0 Å². The van der Waals surface area contributed by atoms with Gasteiger partial charge in [-0.15, -0.1) is 11.3 Å². The molecule has 0 saturated carbocycles. The number of aliphatic hydroxyl groups excluding tert-OH is 1. The molecule has 0 radical (unpaired) electrons. The average Bonchev–Trinajstić information content (AvgIpc) is 2.95. The molecule has 112 valence electrons. The van der Waals surface area contributed by atoms with Crippen LogP contribution in [0.5, 0.6) is 0 Å². The molecule has 1 aliphatic rings. The molecule has 0 atom stereocenters. The van der Waals surface area contributed by atoms with E-state index in [2.05, 4.69) is 10.3 Å². The number of hydrogen-bond acceptors (Lipinski definition) is 4. The summed E-state index contributed by atoms with van der Waals surface area (Å²) in [6.07, 6.45) is 1.76. The fourth-order valence-electron chi connectivity index (χ4n) is 2.58. The number of thiazole rings is 1. The standard InChI is InChI=1S/C15H19N3O2S/c19-10-11-5-7-18(8-6-11)15(20)16-9-14-17-12-3-1-2-4-13(12)21-14/h1-4,11,19H,5-10H2,(H,16,20). The maximum absolute atomic E-state index is 12.1. The molecule has 1 aromatic heterocycles. The maximum Gasteiger partial charge on any atom is 0.317 e. The molecule has 1 saturated heterocycles. The number of amides is 2. The van der Waals surface area contributed by atoms with Crippen LogP contribution in [-0.2, 0) is 6.54 Å². The van der Waals surface area contributed by atoms with Crippen LogP contribution in [0.1, 0.15) is 17.8 Å². The molecule has 2 amide bonds. The number of aliphatic hydroxyl groups is 1. The van der Waals surface area contributed by atoms with Gasteiger partial charge < -0.3 is 15.3 Å². The Labute approximate surface area is 127 Å². The van der Waals surface area contributed by atoms with Crippen molar-refractivity contribution in [3.63, 3.8) is 0 Å². The molecule has 6 heteroatoms. The monoisotopic (exact) mass is 305 g/mol. The van der Waals surface area contributed by atoms with Crippen LogP contribution in [0.2, 0.25) is 0 Å². The number of likely N-dealkylation sites (tertiary alicyclic amines) is 1. The van der Waals surface area contributed by atoms with Gasteiger partial charge in [-0.25, -0.2) is 9.78 Å². The van der Waals surface area contributed by atoms with Crippen LogP contribution < -0.4 is 5.32 Å². The highest BCUT2D eigenvalue weighted by Gasteiger charge is 2.22. The van der Waals surface area contributed by atoms with Crippen LogP contribution in [0.4, 0.5) is 4.79 Å². The highest BCUT2D eigenvalue weighted by Crippen LogP contribution is 2.21. The number of urea groups is 1. The van der Waals surface area contributed by atoms with E-state index in [9.17, 15) is 4.79 Å². The van der Waals surface area contributed by atoms with E-state index in [0.717, 1.165) is 41.2 Å². The van der Waals surface area contributed by atoms with E-state index in [1.165, 1.54) is 0 Å². The van der Waals surface area contributed by atoms with Crippen molar-refractivity contribution in [2.75, 3.05) is 19.7 Å². The molecule has 21 heavy (non-hydrogen) atoms. The van der Waals surface area contributed by atoms with E-state index in [1.54, 1.807) is 11.3 Å². The third kappa shape index (κ3) is 3.33. The Hall–Kier alpha value is -1.66. The molecular weight excluding hydrogens is 286 g/mol. The summed E-state index contributed by atoms with van der Waals surface area (Å²) >= 11 is 1.61. The van der Waals surface area contributed by atoms with Crippen molar-refractivity contribution in [1.82, 2.24) is 15.2 Å². The summed E-state index contributed by atoms with van der Waals surface area (Å²) in [5.74, 6) is 0.346. The lowest BCUT2D eigenvalue weighted by Gasteiger charge is -2.31. The summed E-state index contributed by atoms with van der Waals surface area (Å²) in [6, 6.07) is 7.95. The van der Waals surface area contributed by atoms with Gasteiger partial charge in [0.05, 0.1) is 16.8 Å². The summed E-state index contributed by atoms with van der Waals surface area (Å²) in [5.41, 5.74) is 0.982. The molecule has 2 heterocycles. The second-order valence-corrected chi connectivity index (χ2v) is 6.46. The van der Waals surface area contributed by atoms with Crippen LogP contribution in [0.15, 0.2) is 24.3 Å². The number of hydrogen-bond donors (Lipinski definition) is 2. The van der Waals surface area contributed by atoms with Gasteiger partial charge in [0, 0.05) is 19.7 Å². The number of nitrogens with one attached hydrogen (secondary N) is 1. The maximum atomic E-state index is 12.1. The third-order valence-corrected chi connectivity index (χ3v) is 4.93. The van der Waals surface area contributed by atoms with E-state index in [4.69, 9.17) is 5.11 Å². The molecule has 0 bridgehead atoms. The van der Waals surface area contributed by atoms with Gasteiger partial charge in [0.2, 0.25) is 0 Å². The van der Waals surface area contributed by atoms with Crippen LogP contribution in [0, 0.1) is 5.92 Å². The first-order chi connectivity index (χ1) is 10.3. The van der Waals surface area contributed by atoms with E-state index in [1.807, 2.05) is 29.2 Å². The Morgan fingerprint density at radius 2 is 2.14 bits per heavy atom. The number of piperidine rings is 1. The highest BCUT2D eigenvalue weighted by atomic mass is 32.1. The SMILES string of the molecule is O=C(NCc1nc2ccccc2s1)N1CCC(CO)CC1. The van der Waals surface area contributed by atoms with Crippen LogP contribution in [0.25, 0.3) is 10.2 Å². The Morgan fingerprint density at radius 3 is 2.86 bits per heavy atom. The lowest BCUT2D eigenvalue weighted by atomic mass is 9.98. The molecule has 0 spiro atoms. The predicted octanol–water partition coefficient (Wildman–Crippen LogP) is 2.21. The number of benzene rings is 1. The zero-order valence-corrected chi connectivity index (χ0v) is 12.6. The molecule has 0 aliphatic carbocycles. The number of para-hydroxylation sites is 1. The lowest BCUT2D eigenvalue weighted by molar-refractivity contribution is 0.137. The lowest BCUT2D eigenvalue weighted by Crippen LogP contribution is -2.44. The van der Waals surface area contributed by atoms with Crippen molar-refractivity contribution in [3.8, 4) is 0 Å². The Morgan fingerprint density at radius 1 is 1.38 bits per heavy atom. The zero-order valence-electron chi connectivity index (χ0n) is 11.8. The van der Waals surface area contributed by atoms with Gasteiger partial charge in [-0.2, -0.15) is 0 Å². The second-order valence-electron chi connectivity index (χ2n) is 5.35. The average molecular weight is 305 g/mol. The van der Waals surface area contributed by atoms with E-state index in [-0.39, 0.29) is 12.6 Å². The van der Waals surface area contributed by atoms with Gasteiger partial charge in [0.15, 0.2) is 0 Å². The Bertz CT molecular complexity index is 587.